The van der Waals surface area contributed by atoms with Crippen molar-refractivity contribution < 1.29 is 4.39 Å². The topological polar surface area (TPSA) is 57.8 Å². The van der Waals surface area contributed by atoms with Crippen molar-refractivity contribution in [1.29, 1.82) is 0 Å². The SMILES string of the molecule is Cc1ccc(NC2=Nc3ccccc3N3C2=Nc2c(c(C)nn2-c2ccccc2)C3c2ccc(F)cc2)cc1C. The number of hydrogen-bond acceptors (Lipinski definition) is 5. The van der Waals surface area contributed by atoms with Gasteiger partial charge in [0.05, 0.1) is 28.8 Å². The molecule has 196 valence electrons. The maximum absolute atomic E-state index is 14.1. The smallest absolute Gasteiger partial charge is 0.179 e. The van der Waals surface area contributed by atoms with E-state index in [0.717, 1.165) is 45.4 Å². The van der Waals surface area contributed by atoms with E-state index >= 15 is 0 Å². The zero-order chi connectivity index (χ0) is 27.4. The Morgan fingerprint density at radius 1 is 0.775 bits per heavy atom. The molecule has 2 aliphatic heterocycles. The molecule has 1 unspecified atom stereocenters. The molecule has 0 amide bonds. The van der Waals surface area contributed by atoms with Crippen LogP contribution in [0, 0.1) is 26.6 Å². The molecule has 0 fully saturated rings. The van der Waals surface area contributed by atoms with Crippen LogP contribution in [0.2, 0.25) is 0 Å². The number of nitrogens with zero attached hydrogens (tertiary/aromatic N) is 5. The Morgan fingerprint density at radius 2 is 1.52 bits per heavy atom. The zero-order valence-corrected chi connectivity index (χ0v) is 22.4. The highest BCUT2D eigenvalue weighted by Crippen LogP contribution is 2.48. The van der Waals surface area contributed by atoms with Crippen molar-refractivity contribution in [3.05, 3.63) is 131 Å². The van der Waals surface area contributed by atoms with Gasteiger partial charge < -0.3 is 10.2 Å². The number of aryl methyl sites for hydroxylation is 3. The van der Waals surface area contributed by atoms with E-state index in [-0.39, 0.29) is 11.9 Å². The van der Waals surface area contributed by atoms with Crippen LogP contribution in [-0.4, -0.2) is 21.5 Å². The number of rotatable bonds is 3. The van der Waals surface area contributed by atoms with Gasteiger partial charge in [0.2, 0.25) is 0 Å². The van der Waals surface area contributed by atoms with Crippen LogP contribution >= 0.6 is 0 Å². The monoisotopic (exact) mass is 526 g/mol. The van der Waals surface area contributed by atoms with E-state index in [9.17, 15) is 4.39 Å². The average molecular weight is 527 g/mol. The lowest BCUT2D eigenvalue weighted by Gasteiger charge is -2.40. The van der Waals surface area contributed by atoms with Crippen LogP contribution in [0.25, 0.3) is 5.69 Å². The van der Waals surface area contributed by atoms with Gasteiger partial charge in [-0.3, -0.25) is 0 Å². The van der Waals surface area contributed by atoms with Gasteiger partial charge in [0, 0.05) is 11.3 Å². The number of amidine groups is 2. The first-order chi connectivity index (χ1) is 19.5. The molecule has 7 rings (SSSR count). The summed E-state index contributed by atoms with van der Waals surface area (Å²) in [5.41, 5.74) is 8.79. The van der Waals surface area contributed by atoms with Crippen molar-refractivity contribution in [3.8, 4) is 5.69 Å². The number of nitrogens with one attached hydrogen (secondary N) is 1. The predicted molar refractivity (Wildman–Crippen MR) is 159 cm³/mol. The van der Waals surface area contributed by atoms with Crippen LogP contribution in [0.4, 0.5) is 27.3 Å². The van der Waals surface area contributed by atoms with Gasteiger partial charge in [-0.15, -0.1) is 0 Å². The number of fused-ring (bicyclic) bond motifs is 4. The number of para-hydroxylation sites is 3. The Bertz CT molecular complexity index is 1820. The summed E-state index contributed by atoms with van der Waals surface area (Å²) in [5, 5.41) is 8.50. The molecule has 7 heteroatoms. The summed E-state index contributed by atoms with van der Waals surface area (Å²) in [4.78, 5) is 12.5. The van der Waals surface area contributed by atoms with Crippen LogP contribution in [0.3, 0.4) is 0 Å². The molecular formula is C33H27FN6. The molecule has 1 N–H and O–H groups in total. The van der Waals surface area contributed by atoms with Gasteiger partial charge in [0.25, 0.3) is 0 Å². The first kappa shape index (κ1) is 24.0. The van der Waals surface area contributed by atoms with E-state index in [2.05, 4.69) is 48.3 Å². The van der Waals surface area contributed by atoms with Gasteiger partial charge in [-0.2, -0.15) is 5.10 Å². The number of halogens is 1. The summed E-state index contributed by atoms with van der Waals surface area (Å²) in [6.45, 7) is 6.21. The van der Waals surface area contributed by atoms with Crippen molar-refractivity contribution >= 4 is 34.6 Å². The summed E-state index contributed by atoms with van der Waals surface area (Å²) in [5.74, 6) is 1.77. The van der Waals surface area contributed by atoms with E-state index < -0.39 is 0 Å². The van der Waals surface area contributed by atoms with E-state index in [1.54, 1.807) is 0 Å². The van der Waals surface area contributed by atoms with Gasteiger partial charge in [-0.05, 0) is 86.0 Å². The first-order valence-corrected chi connectivity index (χ1v) is 13.3. The molecular weight excluding hydrogens is 499 g/mol. The number of aromatic nitrogens is 2. The Balaban J connectivity index is 1.49. The zero-order valence-electron chi connectivity index (χ0n) is 22.4. The normalized spacial score (nSPS) is 15.5. The molecule has 3 heterocycles. The predicted octanol–water partition coefficient (Wildman–Crippen LogP) is 7.73. The lowest BCUT2D eigenvalue weighted by atomic mass is 9.93. The van der Waals surface area contributed by atoms with Gasteiger partial charge in [-0.25, -0.2) is 19.1 Å². The van der Waals surface area contributed by atoms with Crippen LogP contribution in [-0.2, 0) is 0 Å². The Morgan fingerprint density at radius 3 is 2.30 bits per heavy atom. The number of hydrogen-bond donors (Lipinski definition) is 1. The molecule has 0 aliphatic carbocycles. The largest absolute Gasteiger partial charge is 0.337 e. The third kappa shape index (κ3) is 3.90. The van der Waals surface area contributed by atoms with Crippen LogP contribution < -0.4 is 10.2 Å². The molecule has 40 heavy (non-hydrogen) atoms. The van der Waals surface area contributed by atoms with Crippen LogP contribution in [0.1, 0.15) is 34.0 Å². The summed E-state index contributed by atoms with van der Waals surface area (Å²) >= 11 is 0. The first-order valence-electron chi connectivity index (χ1n) is 13.3. The van der Waals surface area contributed by atoms with Crippen molar-refractivity contribution in [2.45, 2.75) is 26.8 Å². The van der Waals surface area contributed by atoms with Crippen LogP contribution in [0.5, 0.6) is 0 Å². The minimum absolute atomic E-state index is 0.275. The molecule has 0 bridgehead atoms. The molecule has 6 nitrogen and oxygen atoms in total. The molecule has 0 saturated carbocycles. The Labute approximate surface area is 232 Å². The van der Waals surface area contributed by atoms with Gasteiger partial charge in [0.15, 0.2) is 17.5 Å². The molecule has 4 aromatic carbocycles. The van der Waals surface area contributed by atoms with Crippen molar-refractivity contribution in [2.75, 3.05) is 10.2 Å². The quantitative estimate of drug-likeness (QED) is 0.262. The van der Waals surface area contributed by atoms with Crippen molar-refractivity contribution in [2.24, 2.45) is 9.98 Å². The molecule has 1 atom stereocenters. The summed E-state index contributed by atoms with van der Waals surface area (Å²) in [6, 6.07) is 30.7. The lowest BCUT2D eigenvalue weighted by molar-refractivity contribution is 0.626. The Hall–Kier alpha value is -5.04. The van der Waals surface area contributed by atoms with E-state index in [4.69, 9.17) is 15.1 Å². The highest BCUT2D eigenvalue weighted by atomic mass is 19.1. The molecule has 5 aromatic rings. The average Bonchev–Trinajstić information content (AvgIpc) is 3.31. The van der Waals surface area contributed by atoms with Gasteiger partial charge in [0.1, 0.15) is 5.82 Å². The van der Waals surface area contributed by atoms with E-state index in [1.807, 2.05) is 72.3 Å². The minimum atomic E-state index is -0.297. The van der Waals surface area contributed by atoms with Crippen molar-refractivity contribution in [3.63, 3.8) is 0 Å². The molecule has 0 saturated heterocycles. The molecule has 1 aromatic heterocycles. The standard InChI is InChI=1S/C33H27FN6/c1-20-13-18-25(19-21(20)2)35-31-33-37-32-29(22(3)38-40(32)26-9-5-4-6-10-26)30(23-14-16-24(34)17-15-23)39(33)28-12-8-7-11-27(28)36-31/h4-19,30H,1-3H3,(H,35,36). The van der Waals surface area contributed by atoms with Gasteiger partial charge in [-0.1, -0.05) is 48.5 Å². The summed E-state index contributed by atoms with van der Waals surface area (Å²) < 4.78 is 16.0. The fourth-order valence-corrected chi connectivity index (χ4v) is 5.46. The number of anilines is 2. The lowest BCUT2D eigenvalue weighted by Crippen LogP contribution is -2.46. The fraction of sp³-hybridized carbons (Fsp3) is 0.121. The van der Waals surface area contributed by atoms with Crippen LogP contribution in [0.15, 0.2) is 107 Å². The molecule has 0 radical (unpaired) electrons. The second kappa shape index (κ2) is 9.31. The third-order valence-electron chi connectivity index (χ3n) is 7.59. The molecule has 0 spiro atoms. The van der Waals surface area contributed by atoms with E-state index in [0.29, 0.717) is 11.7 Å². The maximum Gasteiger partial charge on any atom is 0.179 e. The third-order valence-corrected chi connectivity index (χ3v) is 7.59. The summed E-state index contributed by atoms with van der Waals surface area (Å²) in [7, 11) is 0. The Kier molecular flexibility index (Phi) is 5.59. The maximum atomic E-state index is 14.1. The minimum Gasteiger partial charge on any atom is -0.337 e. The van der Waals surface area contributed by atoms with Gasteiger partial charge >= 0.3 is 0 Å². The summed E-state index contributed by atoms with van der Waals surface area (Å²) in [6.07, 6.45) is 0. The highest BCUT2D eigenvalue weighted by molar-refractivity contribution is 6.51. The second-order valence-electron chi connectivity index (χ2n) is 10.2. The highest BCUT2D eigenvalue weighted by Gasteiger charge is 2.41. The molecule has 2 aliphatic rings. The number of aliphatic imine (C=N–C) groups is 2. The number of benzene rings is 4. The second-order valence-corrected chi connectivity index (χ2v) is 10.2. The van der Waals surface area contributed by atoms with Crippen molar-refractivity contribution in [1.82, 2.24) is 9.78 Å². The fourth-order valence-electron chi connectivity index (χ4n) is 5.46. The van der Waals surface area contributed by atoms with E-state index in [1.165, 1.54) is 23.3 Å².